The van der Waals surface area contributed by atoms with Crippen molar-refractivity contribution < 1.29 is 9.21 Å². The average molecular weight is 366 g/mol. The van der Waals surface area contributed by atoms with Crippen molar-refractivity contribution in [2.45, 2.75) is 12.8 Å². The van der Waals surface area contributed by atoms with Gasteiger partial charge in [-0.2, -0.15) is 0 Å². The molecule has 130 valence electrons. The molecular weight excluding hydrogens is 350 g/mol. The third-order valence-corrected chi connectivity index (χ3v) is 4.51. The fourth-order valence-corrected chi connectivity index (χ4v) is 3.19. The lowest BCUT2D eigenvalue weighted by Gasteiger charge is -1.98. The van der Waals surface area contributed by atoms with Crippen LogP contribution < -0.4 is 5.73 Å². The highest BCUT2D eigenvalue weighted by Gasteiger charge is 2.19. The van der Waals surface area contributed by atoms with Crippen molar-refractivity contribution in [3.05, 3.63) is 76.9 Å². The van der Waals surface area contributed by atoms with Gasteiger partial charge < -0.3 is 15.1 Å². The Morgan fingerprint density at radius 1 is 1.15 bits per heavy atom. The summed E-state index contributed by atoms with van der Waals surface area (Å²) < 4.78 is 5.85. The van der Waals surface area contributed by atoms with Crippen molar-refractivity contribution in [1.82, 2.24) is 9.97 Å². The van der Waals surface area contributed by atoms with Crippen LogP contribution in [0.25, 0.3) is 22.2 Å². The number of oxazole rings is 1. The van der Waals surface area contributed by atoms with Gasteiger partial charge in [0.25, 0.3) is 5.91 Å². The minimum Gasteiger partial charge on any atom is -0.440 e. The van der Waals surface area contributed by atoms with Gasteiger partial charge in [-0.15, -0.1) is 0 Å². The zero-order chi connectivity index (χ0) is 18.1. The molecule has 6 heteroatoms. The van der Waals surface area contributed by atoms with Crippen molar-refractivity contribution in [2.24, 2.45) is 5.73 Å². The van der Waals surface area contributed by atoms with E-state index in [1.807, 2.05) is 54.7 Å². The van der Waals surface area contributed by atoms with E-state index in [0.29, 0.717) is 29.5 Å². The fraction of sp³-hybridized carbons (Fsp3) is 0.100. The van der Waals surface area contributed by atoms with Crippen LogP contribution >= 0.6 is 11.6 Å². The summed E-state index contributed by atoms with van der Waals surface area (Å²) in [7, 11) is 0. The highest BCUT2D eigenvalue weighted by molar-refractivity contribution is 6.31. The van der Waals surface area contributed by atoms with E-state index in [1.54, 1.807) is 0 Å². The number of carbonyl (C=O) groups excluding carboxylic acids is 1. The third kappa shape index (κ3) is 3.09. The predicted octanol–water partition coefficient (Wildman–Crippen LogP) is 4.36. The molecule has 0 aliphatic rings. The molecule has 0 bridgehead atoms. The number of nitrogens with zero attached hydrogens (tertiary/aromatic N) is 1. The van der Waals surface area contributed by atoms with Crippen LogP contribution in [0.5, 0.6) is 0 Å². The van der Waals surface area contributed by atoms with E-state index in [-0.39, 0.29) is 5.69 Å². The molecular formula is C20H16ClN3O2. The Bertz CT molecular complexity index is 1080. The molecule has 1 amide bonds. The topological polar surface area (TPSA) is 84.9 Å². The van der Waals surface area contributed by atoms with Crippen LogP contribution in [0.2, 0.25) is 5.02 Å². The van der Waals surface area contributed by atoms with Crippen molar-refractivity contribution in [3.63, 3.8) is 0 Å². The van der Waals surface area contributed by atoms with Gasteiger partial charge in [-0.3, -0.25) is 4.79 Å². The molecule has 0 aliphatic heterocycles. The number of halogens is 1. The van der Waals surface area contributed by atoms with Gasteiger partial charge in [-0.25, -0.2) is 4.98 Å². The van der Waals surface area contributed by atoms with E-state index in [2.05, 4.69) is 9.97 Å². The van der Waals surface area contributed by atoms with Gasteiger partial charge in [0, 0.05) is 34.1 Å². The smallest absolute Gasteiger partial charge is 0.271 e. The summed E-state index contributed by atoms with van der Waals surface area (Å²) in [5.74, 6) is 0.293. The minimum absolute atomic E-state index is 0.160. The van der Waals surface area contributed by atoms with Crippen LogP contribution in [0.15, 0.2) is 59.1 Å². The van der Waals surface area contributed by atoms with Gasteiger partial charge >= 0.3 is 0 Å². The van der Waals surface area contributed by atoms with Gasteiger partial charge in [0.1, 0.15) is 0 Å². The van der Waals surface area contributed by atoms with Crippen molar-refractivity contribution in [3.8, 4) is 11.3 Å². The maximum atomic E-state index is 11.7. The molecule has 0 aliphatic carbocycles. The molecule has 0 atom stereocenters. The van der Waals surface area contributed by atoms with Crippen LogP contribution in [0, 0.1) is 0 Å². The van der Waals surface area contributed by atoms with Gasteiger partial charge in [0.05, 0.1) is 0 Å². The van der Waals surface area contributed by atoms with Crippen LogP contribution in [0.4, 0.5) is 0 Å². The largest absolute Gasteiger partial charge is 0.440 e. The van der Waals surface area contributed by atoms with Crippen LogP contribution in [-0.2, 0) is 12.8 Å². The Morgan fingerprint density at radius 3 is 2.73 bits per heavy atom. The molecule has 2 heterocycles. The number of rotatable bonds is 5. The van der Waals surface area contributed by atoms with E-state index < -0.39 is 5.91 Å². The average Bonchev–Trinajstić information content (AvgIpc) is 3.24. The molecule has 0 saturated heterocycles. The van der Waals surface area contributed by atoms with Crippen molar-refractivity contribution in [1.29, 1.82) is 0 Å². The third-order valence-electron chi connectivity index (χ3n) is 4.28. The molecule has 0 fully saturated rings. The lowest BCUT2D eigenvalue weighted by atomic mass is 10.1. The molecule has 4 aromatic rings. The Morgan fingerprint density at radius 2 is 1.96 bits per heavy atom. The molecule has 0 radical (unpaired) electrons. The van der Waals surface area contributed by atoms with Crippen molar-refractivity contribution >= 4 is 28.4 Å². The number of aryl methyl sites for hydroxylation is 2. The van der Waals surface area contributed by atoms with Crippen molar-refractivity contribution in [2.75, 3.05) is 0 Å². The summed E-state index contributed by atoms with van der Waals surface area (Å²) in [6.45, 7) is 0. The first kappa shape index (κ1) is 16.4. The lowest BCUT2D eigenvalue weighted by Crippen LogP contribution is -2.12. The highest BCUT2D eigenvalue weighted by atomic mass is 35.5. The van der Waals surface area contributed by atoms with E-state index in [1.165, 1.54) is 0 Å². The Labute approximate surface area is 154 Å². The van der Waals surface area contributed by atoms with Gasteiger partial charge in [-0.05, 0) is 30.2 Å². The zero-order valence-electron chi connectivity index (χ0n) is 13.8. The number of fused-ring (bicyclic) bond motifs is 1. The van der Waals surface area contributed by atoms with Crippen LogP contribution in [-0.4, -0.2) is 15.9 Å². The maximum Gasteiger partial charge on any atom is 0.271 e. The number of H-pyrrole nitrogens is 1. The summed E-state index contributed by atoms with van der Waals surface area (Å²) in [5, 5.41) is 1.76. The summed E-state index contributed by atoms with van der Waals surface area (Å²) in [5.41, 5.74) is 8.54. The Balaban J connectivity index is 1.62. The standard InChI is InChI=1S/C20H16ClN3O2/c21-14-7-8-16-15(10-14)13(11-23-16)6-9-17-24-18(20(22)25)19(26-17)12-4-2-1-3-5-12/h1-5,7-8,10-11,23H,6,9H2,(H2,22,25). The number of hydrogen-bond acceptors (Lipinski definition) is 3. The molecule has 3 N–H and O–H groups in total. The quantitative estimate of drug-likeness (QED) is 0.551. The summed E-state index contributed by atoms with van der Waals surface area (Å²) in [6.07, 6.45) is 3.21. The highest BCUT2D eigenvalue weighted by Crippen LogP contribution is 2.27. The first-order valence-corrected chi connectivity index (χ1v) is 8.60. The number of aromatic nitrogens is 2. The van der Waals surface area contributed by atoms with E-state index in [9.17, 15) is 4.79 Å². The Hall–Kier alpha value is -3.05. The zero-order valence-corrected chi connectivity index (χ0v) is 14.6. The van der Waals surface area contributed by atoms with E-state index in [0.717, 1.165) is 22.0 Å². The molecule has 26 heavy (non-hydrogen) atoms. The maximum absolute atomic E-state index is 11.7. The fourth-order valence-electron chi connectivity index (χ4n) is 3.02. The van der Waals surface area contributed by atoms with E-state index in [4.69, 9.17) is 21.8 Å². The lowest BCUT2D eigenvalue weighted by molar-refractivity contribution is 0.0996. The first-order valence-electron chi connectivity index (χ1n) is 8.22. The van der Waals surface area contributed by atoms with Crippen LogP contribution in [0.1, 0.15) is 21.9 Å². The molecule has 0 unspecified atom stereocenters. The number of nitrogens with two attached hydrogens (primary N) is 1. The molecule has 0 saturated carbocycles. The summed E-state index contributed by atoms with van der Waals surface area (Å²) >= 11 is 6.10. The predicted molar refractivity (Wildman–Crippen MR) is 101 cm³/mol. The first-order chi connectivity index (χ1) is 12.6. The number of primary amides is 1. The minimum atomic E-state index is -0.599. The summed E-state index contributed by atoms with van der Waals surface area (Å²) in [4.78, 5) is 19.3. The number of hydrogen-bond donors (Lipinski definition) is 2. The monoisotopic (exact) mass is 365 g/mol. The second-order valence-electron chi connectivity index (χ2n) is 6.02. The summed E-state index contributed by atoms with van der Waals surface area (Å²) in [6, 6.07) is 15.1. The SMILES string of the molecule is NC(=O)c1nc(CCc2c[nH]c3ccc(Cl)cc23)oc1-c1ccccc1. The van der Waals surface area contributed by atoms with Gasteiger partial charge in [-0.1, -0.05) is 41.9 Å². The Kier molecular flexibility index (Phi) is 4.22. The molecule has 2 aromatic heterocycles. The second kappa shape index (κ2) is 6.69. The molecule has 0 spiro atoms. The number of aromatic amines is 1. The normalized spacial score (nSPS) is 11.1. The van der Waals surface area contributed by atoms with Gasteiger partial charge in [0.15, 0.2) is 17.3 Å². The molecule has 5 nitrogen and oxygen atoms in total. The second-order valence-corrected chi connectivity index (χ2v) is 6.46. The number of carbonyl (C=O) groups is 1. The van der Waals surface area contributed by atoms with Crippen LogP contribution in [0.3, 0.4) is 0 Å². The number of benzene rings is 2. The number of amides is 1. The number of nitrogens with one attached hydrogen (secondary N) is 1. The molecule has 2 aromatic carbocycles. The van der Waals surface area contributed by atoms with Gasteiger partial charge in [0.2, 0.25) is 0 Å². The van der Waals surface area contributed by atoms with E-state index >= 15 is 0 Å². The molecule has 4 rings (SSSR count).